The summed E-state index contributed by atoms with van der Waals surface area (Å²) in [5, 5.41) is 6.26. The van der Waals surface area contributed by atoms with E-state index in [9.17, 15) is 4.79 Å². The van der Waals surface area contributed by atoms with Crippen LogP contribution in [0.5, 0.6) is 0 Å². The highest BCUT2D eigenvalue weighted by atomic mass is 16.5. The van der Waals surface area contributed by atoms with Gasteiger partial charge in [0.2, 0.25) is 5.91 Å². The molecule has 0 aliphatic heterocycles. The lowest BCUT2D eigenvalue weighted by Crippen LogP contribution is -2.31. The molecule has 2 atom stereocenters. The van der Waals surface area contributed by atoms with Crippen LogP contribution >= 0.6 is 0 Å². The highest BCUT2D eigenvalue weighted by Gasteiger charge is 2.22. The number of carbonyl (C=O) groups excluding carboxylic acids is 1. The second kappa shape index (κ2) is 7.29. The lowest BCUT2D eigenvalue weighted by atomic mass is 9.92. The molecule has 20 heavy (non-hydrogen) atoms. The fourth-order valence-electron chi connectivity index (χ4n) is 2.79. The van der Waals surface area contributed by atoms with Crippen LogP contribution in [0, 0.1) is 0 Å². The number of rotatable bonds is 5. The molecule has 0 heterocycles. The van der Waals surface area contributed by atoms with Crippen molar-refractivity contribution < 1.29 is 9.53 Å². The number of amides is 1. The molecule has 2 rings (SSSR count). The summed E-state index contributed by atoms with van der Waals surface area (Å²) in [6.45, 7) is 0. The molecular formula is C16H24N2O2. The molecule has 0 bridgehead atoms. The second-order valence-electron chi connectivity index (χ2n) is 5.37. The third-order valence-corrected chi connectivity index (χ3v) is 3.97. The predicted octanol–water partition coefficient (Wildman–Crippen LogP) is 2.34. The van der Waals surface area contributed by atoms with Crippen molar-refractivity contribution in [3.8, 4) is 0 Å². The van der Waals surface area contributed by atoms with Crippen LogP contribution in [0.25, 0.3) is 0 Å². The Morgan fingerprint density at radius 3 is 2.90 bits per heavy atom. The van der Waals surface area contributed by atoms with Gasteiger partial charge in [0.25, 0.3) is 0 Å². The van der Waals surface area contributed by atoms with Gasteiger partial charge in [-0.15, -0.1) is 0 Å². The molecule has 0 aromatic heterocycles. The zero-order chi connectivity index (χ0) is 14.4. The topological polar surface area (TPSA) is 50.4 Å². The first kappa shape index (κ1) is 14.9. The third kappa shape index (κ3) is 3.97. The number of hydrogen-bond acceptors (Lipinski definition) is 3. The van der Waals surface area contributed by atoms with Crippen LogP contribution in [-0.4, -0.2) is 32.2 Å². The van der Waals surface area contributed by atoms with Gasteiger partial charge in [-0.05, 0) is 37.3 Å². The smallest absolute Gasteiger partial charge is 0.224 e. The highest BCUT2D eigenvalue weighted by Crippen LogP contribution is 2.25. The van der Waals surface area contributed by atoms with E-state index in [4.69, 9.17) is 4.74 Å². The summed E-state index contributed by atoms with van der Waals surface area (Å²) < 4.78 is 5.47. The van der Waals surface area contributed by atoms with Crippen molar-refractivity contribution in [2.24, 2.45) is 0 Å². The van der Waals surface area contributed by atoms with Crippen LogP contribution in [0.2, 0.25) is 0 Å². The SMILES string of the molecule is CNC(=O)Cc1ccccc1NC1CCCC(OC)C1. The van der Waals surface area contributed by atoms with E-state index < -0.39 is 0 Å². The molecule has 1 fully saturated rings. The molecule has 2 unspecified atom stereocenters. The van der Waals surface area contributed by atoms with Crippen LogP contribution < -0.4 is 10.6 Å². The maximum Gasteiger partial charge on any atom is 0.224 e. The molecule has 1 aliphatic carbocycles. The standard InChI is InChI=1S/C16H24N2O2/c1-17-16(19)10-12-6-3-4-9-15(12)18-13-7-5-8-14(11-13)20-2/h3-4,6,9,13-14,18H,5,7-8,10-11H2,1-2H3,(H,17,19). The number of methoxy groups -OCH3 is 1. The van der Waals surface area contributed by atoms with Crippen LogP contribution in [0.4, 0.5) is 5.69 Å². The van der Waals surface area contributed by atoms with E-state index >= 15 is 0 Å². The van der Waals surface area contributed by atoms with Crippen molar-refractivity contribution >= 4 is 11.6 Å². The molecule has 110 valence electrons. The number of para-hydroxylation sites is 1. The Morgan fingerprint density at radius 2 is 2.15 bits per heavy atom. The maximum absolute atomic E-state index is 11.6. The van der Waals surface area contributed by atoms with E-state index in [1.54, 1.807) is 14.2 Å². The van der Waals surface area contributed by atoms with Crippen molar-refractivity contribution in [2.75, 3.05) is 19.5 Å². The minimum absolute atomic E-state index is 0.0395. The molecule has 1 saturated carbocycles. The van der Waals surface area contributed by atoms with Gasteiger partial charge in [0.15, 0.2) is 0 Å². The molecule has 1 aromatic carbocycles. The zero-order valence-corrected chi connectivity index (χ0v) is 12.3. The lowest BCUT2D eigenvalue weighted by Gasteiger charge is -2.30. The van der Waals surface area contributed by atoms with Gasteiger partial charge in [0.05, 0.1) is 12.5 Å². The van der Waals surface area contributed by atoms with E-state index in [-0.39, 0.29) is 5.91 Å². The van der Waals surface area contributed by atoms with Gasteiger partial charge < -0.3 is 15.4 Å². The first-order valence-corrected chi connectivity index (χ1v) is 7.30. The summed E-state index contributed by atoms with van der Waals surface area (Å²) in [4.78, 5) is 11.6. The number of carbonyl (C=O) groups is 1. The summed E-state index contributed by atoms with van der Waals surface area (Å²) in [5.74, 6) is 0.0395. The first-order valence-electron chi connectivity index (χ1n) is 7.30. The van der Waals surface area contributed by atoms with E-state index in [0.29, 0.717) is 18.6 Å². The number of ether oxygens (including phenoxy) is 1. The van der Waals surface area contributed by atoms with Crippen molar-refractivity contribution in [3.63, 3.8) is 0 Å². The number of anilines is 1. The van der Waals surface area contributed by atoms with Crippen molar-refractivity contribution in [1.82, 2.24) is 5.32 Å². The van der Waals surface area contributed by atoms with Gasteiger partial charge in [-0.3, -0.25) is 4.79 Å². The Morgan fingerprint density at radius 1 is 1.35 bits per heavy atom. The molecular weight excluding hydrogens is 252 g/mol. The number of benzene rings is 1. The van der Waals surface area contributed by atoms with Crippen LogP contribution in [0.3, 0.4) is 0 Å². The Kier molecular flexibility index (Phi) is 5.41. The van der Waals surface area contributed by atoms with Crippen molar-refractivity contribution in [3.05, 3.63) is 29.8 Å². The lowest BCUT2D eigenvalue weighted by molar-refractivity contribution is -0.119. The fraction of sp³-hybridized carbons (Fsp3) is 0.562. The van der Waals surface area contributed by atoms with Gasteiger partial charge in [-0.2, -0.15) is 0 Å². The van der Waals surface area contributed by atoms with Gasteiger partial charge >= 0.3 is 0 Å². The predicted molar refractivity (Wildman–Crippen MR) is 80.9 cm³/mol. The summed E-state index contributed by atoms with van der Waals surface area (Å²) >= 11 is 0. The minimum atomic E-state index is 0.0395. The van der Waals surface area contributed by atoms with Crippen LogP contribution in [0.15, 0.2) is 24.3 Å². The molecule has 4 nitrogen and oxygen atoms in total. The van der Waals surface area contributed by atoms with E-state index in [1.807, 2.05) is 18.2 Å². The molecule has 1 aliphatic rings. The Bertz CT molecular complexity index is 448. The summed E-state index contributed by atoms with van der Waals surface area (Å²) in [7, 11) is 3.45. The normalized spacial score (nSPS) is 22.3. The third-order valence-electron chi connectivity index (χ3n) is 3.97. The molecule has 0 spiro atoms. The monoisotopic (exact) mass is 276 g/mol. The van der Waals surface area contributed by atoms with Gasteiger partial charge in [-0.1, -0.05) is 18.2 Å². The Labute approximate surface area is 120 Å². The minimum Gasteiger partial charge on any atom is -0.382 e. The number of hydrogen-bond donors (Lipinski definition) is 2. The molecule has 4 heteroatoms. The highest BCUT2D eigenvalue weighted by molar-refractivity contribution is 5.80. The molecule has 2 N–H and O–H groups in total. The molecule has 0 radical (unpaired) electrons. The van der Waals surface area contributed by atoms with Crippen LogP contribution in [-0.2, 0) is 16.0 Å². The largest absolute Gasteiger partial charge is 0.382 e. The van der Waals surface area contributed by atoms with Crippen molar-refractivity contribution in [1.29, 1.82) is 0 Å². The fourth-order valence-corrected chi connectivity index (χ4v) is 2.79. The Hall–Kier alpha value is -1.55. The van der Waals surface area contributed by atoms with Crippen molar-refractivity contribution in [2.45, 2.75) is 44.2 Å². The van der Waals surface area contributed by atoms with E-state index in [1.165, 1.54) is 6.42 Å². The first-order chi connectivity index (χ1) is 9.72. The second-order valence-corrected chi connectivity index (χ2v) is 5.37. The molecule has 0 saturated heterocycles. The zero-order valence-electron chi connectivity index (χ0n) is 12.3. The Balaban J connectivity index is 2.03. The van der Waals surface area contributed by atoms with Gasteiger partial charge in [0.1, 0.15) is 0 Å². The summed E-state index contributed by atoms with van der Waals surface area (Å²) in [5.41, 5.74) is 2.12. The number of likely N-dealkylation sites (N-methyl/N-ethyl adjacent to an activating group) is 1. The molecule has 1 amide bonds. The number of nitrogens with one attached hydrogen (secondary N) is 2. The summed E-state index contributed by atoms with van der Waals surface area (Å²) in [6.07, 6.45) is 5.30. The average Bonchev–Trinajstić information content (AvgIpc) is 2.49. The van der Waals surface area contributed by atoms with Gasteiger partial charge in [-0.25, -0.2) is 0 Å². The average molecular weight is 276 g/mol. The quantitative estimate of drug-likeness (QED) is 0.868. The maximum atomic E-state index is 11.6. The van der Waals surface area contributed by atoms with E-state index in [2.05, 4.69) is 16.7 Å². The van der Waals surface area contributed by atoms with E-state index in [0.717, 1.165) is 30.5 Å². The molecule has 1 aromatic rings. The summed E-state index contributed by atoms with van der Waals surface area (Å²) in [6, 6.07) is 8.47. The van der Waals surface area contributed by atoms with Crippen LogP contribution in [0.1, 0.15) is 31.2 Å². The van der Waals surface area contributed by atoms with Gasteiger partial charge in [0, 0.05) is 25.9 Å².